The van der Waals surface area contributed by atoms with Crippen molar-refractivity contribution in [3.05, 3.63) is 58.6 Å². The molecule has 2 amide bonds. The first-order valence-corrected chi connectivity index (χ1v) is 17.8. The molecular weight excluding hydrogens is 662 g/mol. The van der Waals surface area contributed by atoms with Crippen molar-refractivity contribution in [2.75, 3.05) is 29.9 Å². The number of imidazole rings is 1. The molecule has 3 aromatic heterocycles. The molecule has 2 aliphatic heterocycles. The van der Waals surface area contributed by atoms with Crippen LogP contribution in [0.3, 0.4) is 0 Å². The van der Waals surface area contributed by atoms with E-state index in [0.29, 0.717) is 22.3 Å². The van der Waals surface area contributed by atoms with Crippen LogP contribution in [0.5, 0.6) is 0 Å². The van der Waals surface area contributed by atoms with Gasteiger partial charge in [0.25, 0.3) is 5.91 Å². The molecule has 2 fully saturated rings. The van der Waals surface area contributed by atoms with Gasteiger partial charge in [0.05, 0.1) is 50.6 Å². The SMILES string of the molecule is CCNC(=O)c1cc(Nc2nc(-c3cnc4c(c3)N([C@H]3C[C@@](C)(N5CCCCC5)C3)C(=O)C4(C)C)cc3ncn(C(C)C)c23)c(F)c(F)c1Cl. The summed E-state index contributed by atoms with van der Waals surface area (Å²) in [4.78, 5) is 45.6. The Balaban J connectivity index is 1.29. The first-order chi connectivity index (χ1) is 23.7. The van der Waals surface area contributed by atoms with E-state index in [4.69, 9.17) is 21.6 Å². The molecular formula is C37H43ClF2N8O2. The van der Waals surface area contributed by atoms with E-state index in [1.165, 1.54) is 25.3 Å². The Labute approximate surface area is 295 Å². The monoisotopic (exact) mass is 704 g/mol. The van der Waals surface area contributed by atoms with E-state index in [0.717, 1.165) is 37.3 Å². The zero-order chi connectivity index (χ0) is 35.7. The molecule has 2 N–H and O–H groups in total. The summed E-state index contributed by atoms with van der Waals surface area (Å²) in [5.41, 5.74) is 2.51. The van der Waals surface area contributed by atoms with Gasteiger partial charge in [-0.05, 0) is 98.5 Å². The number of rotatable bonds is 8. The maximum atomic E-state index is 15.4. The van der Waals surface area contributed by atoms with Crippen LogP contribution in [0.1, 0.15) is 95.7 Å². The van der Waals surface area contributed by atoms with Crippen LogP contribution in [-0.2, 0) is 10.2 Å². The Hall–Kier alpha value is -4.16. The number of hydrogen-bond acceptors (Lipinski definition) is 7. The minimum absolute atomic E-state index is 0.0347. The molecule has 0 bridgehead atoms. The molecule has 10 nitrogen and oxygen atoms in total. The van der Waals surface area contributed by atoms with E-state index >= 15 is 8.78 Å². The summed E-state index contributed by atoms with van der Waals surface area (Å²) < 4.78 is 32.4. The van der Waals surface area contributed by atoms with Crippen LogP contribution in [0.25, 0.3) is 22.3 Å². The van der Waals surface area contributed by atoms with E-state index in [-0.39, 0.29) is 47.1 Å². The Kier molecular flexibility index (Phi) is 8.61. The quantitative estimate of drug-likeness (QED) is 0.183. The van der Waals surface area contributed by atoms with Gasteiger partial charge < -0.3 is 20.1 Å². The number of nitrogens with zero attached hydrogens (tertiary/aromatic N) is 6. The van der Waals surface area contributed by atoms with E-state index in [2.05, 4.69) is 27.4 Å². The van der Waals surface area contributed by atoms with Crippen LogP contribution in [0, 0.1) is 11.6 Å². The lowest BCUT2D eigenvalue weighted by molar-refractivity contribution is -0.123. The fourth-order valence-corrected chi connectivity index (χ4v) is 8.12. The van der Waals surface area contributed by atoms with Gasteiger partial charge >= 0.3 is 0 Å². The molecule has 3 aliphatic rings. The molecule has 0 radical (unpaired) electrons. The second-order valence-electron chi connectivity index (χ2n) is 14.9. The van der Waals surface area contributed by atoms with E-state index in [1.807, 2.05) is 49.3 Å². The molecule has 1 aliphatic carbocycles. The molecule has 0 spiro atoms. The third-order valence-corrected chi connectivity index (χ3v) is 11.1. The number of halogens is 3. The Morgan fingerprint density at radius 2 is 1.78 bits per heavy atom. The number of benzene rings is 1. The van der Waals surface area contributed by atoms with Gasteiger partial charge in [-0.1, -0.05) is 18.0 Å². The lowest BCUT2D eigenvalue weighted by Gasteiger charge is -2.55. The molecule has 1 aromatic carbocycles. The molecule has 7 rings (SSSR count). The summed E-state index contributed by atoms with van der Waals surface area (Å²) >= 11 is 6.06. The van der Waals surface area contributed by atoms with Gasteiger partial charge in [-0.15, -0.1) is 0 Å². The lowest BCUT2D eigenvalue weighted by Crippen LogP contribution is -2.64. The number of anilines is 3. The van der Waals surface area contributed by atoms with Gasteiger partial charge in [-0.2, -0.15) is 0 Å². The number of amides is 2. The number of pyridine rings is 2. The molecule has 0 atom stereocenters. The van der Waals surface area contributed by atoms with Gasteiger partial charge in [0.1, 0.15) is 5.52 Å². The Morgan fingerprint density at radius 1 is 1.06 bits per heavy atom. The van der Waals surface area contributed by atoms with E-state index < -0.39 is 28.0 Å². The summed E-state index contributed by atoms with van der Waals surface area (Å²) in [5, 5.41) is 4.93. The van der Waals surface area contributed by atoms with Gasteiger partial charge in [0.2, 0.25) is 5.91 Å². The van der Waals surface area contributed by atoms with Crippen molar-refractivity contribution in [2.24, 2.45) is 0 Å². The number of nitrogens with one attached hydrogen (secondary N) is 2. The first kappa shape index (κ1) is 34.3. The Morgan fingerprint density at radius 3 is 2.46 bits per heavy atom. The fraction of sp³-hybridized carbons (Fsp3) is 0.486. The van der Waals surface area contributed by atoms with Crippen molar-refractivity contribution < 1.29 is 18.4 Å². The number of carbonyl (C=O) groups is 2. The van der Waals surface area contributed by atoms with E-state index in [9.17, 15) is 9.59 Å². The minimum Gasteiger partial charge on any atom is -0.352 e. The first-order valence-electron chi connectivity index (χ1n) is 17.4. The molecule has 4 aromatic rings. The van der Waals surface area contributed by atoms with Crippen LogP contribution < -0.4 is 15.5 Å². The number of carbonyl (C=O) groups excluding carboxylic acids is 2. The number of hydrogen-bond donors (Lipinski definition) is 2. The standard InChI is InChI=1S/C37H43ClF2N8O2/c1-7-41-34(49)23-14-25(29(39)30(40)28(23)38)45-33-31-26(43-19-47(31)20(2)3)15-24(44-33)21-13-27-32(42-18-21)36(4,5)35(50)48(27)22-16-37(6,17-22)46-11-9-8-10-12-46/h13-15,18-20,22H,7-12,16-17H2,1-6H3,(H,41,49)(H,44,45)/t22-,37+. The molecule has 0 unspecified atom stereocenters. The number of likely N-dealkylation sites (tertiary alicyclic amines) is 1. The highest BCUT2D eigenvalue weighted by atomic mass is 35.5. The van der Waals surface area contributed by atoms with Gasteiger partial charge in [0, 0.05) is 35.9 Å². The third kappa shape index (κ3) is 5.51. The molecule has 5 heterocycles. The largest absolute Gasteiger partial charge is 0.352 e. The summed E-state index contributed by atoms with van der Waals surface area (Å²) in [7, 11) is 0. The highest BCUT2D eigenvalue weighted by Gasteiger charge is 2.54. The Bertz CT molecular complexity index is 2020. The maximum absolute atomic E-state index is 15.4. The van der Waals surface area contributed by atoms with Crippen molar-refractivity contribution >= 4 is 51.6 Å². The summed E-state index contributed by atoms with van der Waals surface area (Å²) in [6.45, 7) is 14.3. The van der Waals surface area contributed by atoms with Crippen molar-refractivity contribution in [2.45, 2.75) is 96.7 Å². The van der Waals surface area contributed by atoms with Crippen LogP contribution >= 0.6 is 11.6 Å². The second kappa shape index (κ2) is 12.6. The van der Waals surface area contributed by atoms with Gasteiger partial charge in [0.15, 0.2) is 17.5 Å². The second-order valence-corrected chi connectivity index (χ2v) is 15.2. The molecule has 50 heavy (non-hydrogen) atoms. The van der Waals surface area contributed by atoms with Crippen LogP contribution in [0.2, 0.25) is 5.02 Å². The van der Waals surface area contributed by atoms with Crippen molar-refractivity contribution in [3.8, 4) is 11.3 Å². The summed E-state index contributed by atoms with van der Waals surface area (Å²) in [5.74, 6) is -2.98. The smallest absolute Gasteiger partial charge is 0.252 e. The zero-order valence-electron chi connectivity index (χ0n) is 29.3. The highest BCUT2D eigenvalue weighted by molar-refractivity contribution is 6.34. The van der Waals surface area contributed by atoms with Crippen molar-refractivity contribution in [1.82, 2.24) is 29.7 Å². The number of fused-ring (bicyclic) bond motifs is 2. The van der Waals surface area contributed by atoms with Crippen LogP contribution in [0.4, 0.5) is 26.0 Å². The molecule has 1 saturated carbocycles. The average Bonchev–Trinajstić information content (AvgIpc) is 3.60. The van der Waals surface area contributed by atoms with Gasteiger partial charge in [-0.25, -0.2) is 18.7 Å². The summed E-state index contributed by atoms with van der Waals surface area (Å²) in [6, 6.07) is 4.99. The maximum Gasteiger partial charge on any atom is 0.252 e. The predicted octanol–water partition coefficient (Wildman–Crippen LogP) is 7.53. The van der Waals surface area contributed by atoms with Crippen LogP contribution in [-0.4, -0.2) is 67.4 Å². The summed E-state index contributed by atoms with van der Waals surface area (Å²) in [6.07, 6.45) is 8.85. The van der Waals surface area contributed by atoms with Gasteiger partial charge in [-0.3, -0.25) is 19.5 Å². The number of piperidine rings is 1. The van der Waals surface area contributed by atoms with Crippen molar-refractivity contribution in [1.29, 1.82) is 0 Å². The minimum atomic E-state index is -1.34. The van der Waals surface area contributed by atoms with E-state index in [1.54, 1.807) is 19.4 Å². The molecule has 264 valence electrons. The predicted molar refractivity (Wildman–Crippen MR) is 191 cm³/mol. The highest BCUT2D eigenvalue weighted by Crippen LogP contribution is 2.50. The number of aromatic nitrogens is 4. The fourth-order valence-electron chi connectivity index (χ4n) is 7.89. The zero-order valence-corrected chi connectivity index (χ0v) is 30.1. The average molecular weight is 705 g/mol. The van der Waals surface area contributed by atoms with Crippen LogP contribution in [0.15, 0.2) is 30.7 Å². The molecule has 13 heteroatoms. The molecule has 1 saturated heterocycles. The third-order valence-electron chi connectivity index (χ3n) is 10.7. The normalized spacial score (nSPS) is 21.8. The van der Waals surface area contributed by atoms with Crippen molar-refractivity contribution in [3.63, 3.8) is 0 Å². The lowest BCUT2D eigenvalue weighted by atomic mass is 9.71. The topological polar surface area (TPSA) is 108 Å².